The molecular formula is C11H12F4N2S. The quantitative estimate of drug-likeness (QED) is 0.657. The van der Waals surface area contributed by atoms with Gasteiger partial charge in [-0.3, -0.25) is 0 Å². The molecule has 0 aliphatic heterocycles. The molecule has 0 saturated heterocycles. The minimum Gasteiger partial charge on any atom is -0.389 e. The molecule has 0 saturated carbocycles. The van der Waals surface area contributed by atoms with Crippen LogP contribution in [0.25, 0.3) is 0 Å². The number of benzene rings is 1. The largest absolute Gasteiger partial charge is 0.391 e. The molecular weight excluding hydrogens is 268 g/mol. The van der Waals surface area contributed by atoms with Gasteiger partial charge in [0.2, 0.25) is 0 Å². The van der Waals surface area contributed by atoms with Gasteiger partial charge < -0.3 is 11.1 Å². The van der Waals surface area contributed by atoms with Crippen LogP contribution in [0.15, 0.2) is 18.2 Å². The molecule has 0 spiro atoms. The molecule has 0 bridgehead atoms. The lowest BCUT2D eigenvalue weighted by molar-refractivity contribution is -0.136. The van der Waals surface area contributed by atoms with Gasteiger partial charge in [-0.05, 0) is 25.1 Å². The molecule has 1 atom stereocenters. The van der Waals surface area contributed by atoms with E-state index in [9.17, 15) is 17.6 Å². The van der Waals surface area contributed by atoms with Gasteiger partial charge >= 0.3 is 6.18 Å². The first-order valence-electron chi connectivity index (χ1n) is 5.11. The van der Waals surface area contributed by atoms with E-state index in [1.165, 1.54) is 19.1 Å². The normalized spacial score (nSPS) is 13.2. The van der Waals surface area contributed by atoms with Crippen LogP contribution in [0.1, 0.15) is 18.9 Å². The number of hydrogen-bond acceptors (Lipinski definition) is 2. The summed E-state index contributed by atoms with van der Waals surface area (Å²) in [6.07, 6.45) is -5.25. The van der Waals surface area contributed by atoms with Crippen molar-refractivity contribution in [3.8, 4) is 0 Å². The number of rotatable bonds is 4. The second-order valence-corrected chi connectivity index (χ2v) is 4.36. The van der Waals surface area contributed by atoms with E-state index < -0.39 is 24.5 Å². The molecule has 0 fully saturated rings. The van der Waals surface area contributed by atoms with Crippen molar-refractivity contribution in [2.24, 2.45) is 5.73 Å². The Hall–Kier alpha value is -1.37. The van der Waals surface area contributed by atoms with Crippen LogP contribution in [0.2, 0.25) is 0 Å². The predicted molar refractivity (Wildman–Crippen MR) is 66.0 cm³/mol. The lowest BCUT2D eigenvalue weighted by atomic mass is 10.1. The number of alkyl halides is 3. The molecule has 1 unspecified atom stereocenters. The van der Waals surface area contributed by atoms with Crippen LogP contribution in [-0.4, -0.2) is 17.2 Å². The van der Waals surface area contributed by atoms with Gasteiger partial charge in [0.1, 0.15) is 10.8 Å². The van der Waals surface area contributed by atoms with E-state index in [1.54, 1.807) is 0 Å². The Labute approximate surface area is 107 Å². The van der Waals surface area contributed by atoms with E-state index in [0.717, 1.165) is 6.07 Å². The average Bonchev–Trinajstić information content (AvgIpc) is 2.13. The Kier molecular flexibility index (Phi) is 4.50. The van der Waals surface area contributed by atoms with Crippen molar-refractivity contribution in [3.05, 3.63) is 29.6 Å². The lowest BCUT2D eigenvalue weighted by Gasteiger charge is -2.17. The Bertz CT molecular complexity index is 445. The van der Waals surface area contributed by atoms with Crippen molar-refractivity contribution in [1.82, 2.24) is 0 Å². The highest BCUT2D eigenvalue weighted by atomic mass is 32.1. The number of anilines is 1. The summed E-state index contributed by atoms with van der Waals surface area (Å²) in [6.45, 7) is 1.37. The first-order valence-corrected chi connectivity index (χ1v) is 5.52. The summed E-state index contributed by atoms with van der Waals surface area (Å²) in [4.78, 5) is -0.0950. The van der Waals surface area contributed by atoms with Crippen LogP contribution < -0.4 is 11.1 Å². The smallest absolute Gasteiger partial charge is 0.389 e. The summed E-state index contributed by atoms with van der Waals surface area (Å²) in [6, 6.07) is 2.99. The topological polar surface area (TPSA) is 38.0 Å². The molecule has 1 rings (SSSR count). The highest BCUT2D eigenvalue weighted by Gasteiger charge is 2.29. The average molecular weight is 280 g/mol. The van der Waals surface area contributed by atoms with Crippen molar-refractivity contribution in [1.29, 1.82) is 0 Å². The van der Waals surface area contributed by atoms with E-state index in [4.69, 9.17) is 5.73 Å². The molecule has 100 valence electrons. The number of halogens is 4. The summed E-state index contributed by atoms with van der Waals surface area (Å²) in [7, 11) is 0. The van der Waals surface area contributed by atoms with E-state index in [1.807, 2.05) is 0 Å². The zero-order valence-corrected chi connectivity index (χ0v) is 10.3. The Balaban J connectivity index is 2.75. The fourth-order valence-electron chi connectivity index (χ4n) is 1.49. The number of thiocarbonyl (C=S) groups is 1. The summed E-state index contributed by atoms with van der Waals surface area (Å²) in [5, 5.41) is 2.56. The molecule has 18 heavy (non-hydrogen) atoms. The molecule has 0 aliphatic rings. The van der Waals surface area contributed by atoms with Gasteiger partial charge in [-0.25, -0.2) is 4.39 Å². The first kappa shape index (κ1) is 14.7. The van der Waals surface area contributed by atoms with Gasteiger partial charge in [0.15, 0.2) is 0 Å². The summed E-state index contributed by atoms with van der Waals surface area (Å²) in [5.74, 6) is -0.660. The van der Waals surface area contributed by atoms with Crippen molar-refractivity contribution in [2.75, 3.05) is 5.32 Å². The van der Waals surface area contributed by atoms with Crippen molar-refractivity contribution in [2.45, 2.75) is 25.6 Å². The number of nitrogens with two attached hydrogens (primary N) is 1. The number of nitrogens with one attached hydrogen (secondary N) is 1. The lowest BCUT2D eigenvalue weighted by Crippen LogP contribution is -2.24. The van der Waals surface area contributed by atoms with Crippen LogP contribution in [0, 0.1) is 5.82 Å². The molecule has 1 aromatic carbocycles. The van der Waals surface area contributed by atoms with E-state index in [2.05, 4.69) is 17.5 Å². The zero-order chi connectivity index (χ0) is 13.9. The summed E-state index contributed by atoms with van der Waals surface area (Å²) < 4.78 is 49.8. The second kappa shape index (κ2) is 5.51. The molecule has 0 aromatic heterocycles. The minimum absolute atomic E-state index is 0.0685. The molecule has 1 aromatic rings. The van der Waals surface area contributed by atoms with Crippen molar-refractivity contribution in [3.63, 3.8) is 0 Å². The standard InChI is InChI=1S/C11H12F4N2S/c1-6(5-11(13,14)15)17-7-2-3-8(10(16)18)9(12)4-7/h2-4,6,17H,5H2,1H3,(H2,16,18). The fourth-order valence-corrected chi connectivity index (χ4v) is 1.65. The van der Waals surface area contributed by atoms with Crippen molar-refractivity contribution < 1.29 is 17.6 Å². The van der Waals surface area contributed by atoms with E-state index in [-0.39, 0.29) is 16.2 Å². The molecule has 3 N–H and O–H groups in total. The van der Waals surface area contributed by atoms with Crippen LogP contribution in [0.4, 0.5) is 23.2 Å². The van der Waals surface area contributed by atoms with Gasteiger partial charge in [-0.2, -0.15) is 13.2 Å². The zero-order valence-electron chi connectivity index (χ0n) is 9.51. The molecule has 2 nitrogen and oxygen atoms in total. The SMILES string of the molecule is CC(CC(F)(F)F)Nc1ccc(C(N)=S)c(F)c1. The summed E-state index contributed by atoms with van der Waals surface area (Å²) >= 11 is 4.62. The van der Waals surface area contributed by atoms with Crippen LogP contribution in [0.5, 0.6) is 0 Å². The Morgan fingerprint density at radius 3 is 2.50 bits per heavy atom. The molecule has 0 aliphatic carbocycles. The maximum atomic E-state index is 13.5. The fraction of sp³-hybridized carbons (Fsp3) is 0.364. The van der Waals surface area contributed by atoms with Crippen molar-refractivity contribution >= 4 is 22.9 Å². The maximum absolute atomic E-state index is 13.5. The van der Waals surface area contributed by atoms with E-state index >= 15 is 0 Å². The van der Waals surface area contributed by atoms with Gasteiger partial charge in [-0.15, -0.1) is 0 Å². The van der Waals surface area contributed by atoms with Gasteiger partial charge in [0, 0.05) is 17.3 Å². The Morgan fingerprint density at radius 2 is 2.06 bits per heavy atom. The van der Waals surface area contributed by atoms with Crippen LogP contribution >= 0.6 is 12.2 Å². The van der Waals surface area contributed by atoms with Gasteiger partial charge in [0.25, 0.3) is 0 Å². The van der Waals surface area contributed by atoms with Crippen LogP contribution in [0.3, 0.4) is 0 Å². The molecule has 0 radical (unpaired) electrons. The number of hydrogen-bond donors (Lipinski definition) is 2. The third kappa shape index (κ3) is 4.48. The van der Waals surface area contributed by atoms with E-state index in [0.29, 0.717) is 0 Å². The Morgan fingerprint density at radius 1 is 1.44 bits per heavy atom. The third-order valence-electron chi connectivity index (χ3n) is 2.19. The second-order valence-electron chi connectivity index (χ2n) is 3.92. The predicted octanol–water partition coefficient (Wildman–Crippen LogP) is 3.21. The third-order valence-corrected chi connectivity index (χ3v) is 2.41. The highest BCUT2D eigenvalue weighted by Crippen LogP contribution is 2.23. The minimum atomic E-state index is -4.26. The summed E-state index contributed by atoms with van der Waals surface area (Å²) in [5.41, 5.74) is 5.59. The molecule has 0 amide bonds. The maximum Gasteiger partial charge on any atom is 0.391 e. The monoisotopic (exact) mass is 280 g/mol. The highest BCUT2D eigenvalue weighted by molar-refractivity contribution is 7.80. The van der Waals surface area contributed by atoms with Gasteiger partial charge in [-0.1, -0.05) is 12.2 Å². The first-order chi connectivity index (χ1) is 8.19. The molecule has 0 heterocycles. The van der Waals surface area contributed by atoms with Crippen LogP contribution in [-0.2, 0) is 0 Å². The van der Waals surface area contributed by atoms with Gasteiger partial charge in [0.05, 0.1) is 6.42 Å². The molecule has 7 heteroatoms.